The molecule has 0 aromatic rings. The molecule has 4 aliphatic rings. The van der Waals surface area contributed by atoms with Crippen molar-refractivity contribution in [1.29, 1.82) is 0 Å². The second-order valence-corrected chi connectivity index (χ2v) is 7.80. The van der Waals surface area contributed by atoms with Crippen molar-refractivity contribution in [2.45, 2.75) is 38.7 Å². The third kappa shape index (κ3) is 1.51. The average molecular weight is 275 g/mol. The summed E-state index contributed by atoms with van der Waals surface area (Å²) in [4.78, 5) is 15.3. The van der Waals surface area contributed by atoms with Crippen molar-refractivity contribution in [3.63, 3.8) is 0 Å². The van der Waals surface area contributed by atoms with Crippen LogP contribution in [0.2, 0.25) is 0 Å². The monoisotopic (exact) mass is 275 g/mol. The number of rotatable bonds is 0. The second kappa shape index (κ2) is 4.17. The Morgan fingerprint density at radius 3 is 3.05 bits per heavy atom. The largest absolute Gasteiger partial charge is 0.393 e. The van der Waals surface area contributed by atoms with Crippen LogP contribution in [0.5, 0.6) is 0 Å². The molecule has 20 heavy (non-hydrogen) atoms. The standard InChI is InChI=1S/C17H25NO2/c1-10-5-12-7-14(19)16-13-3-4-18(2)9-11(13)8-17(12,16)15(20)6-10/h6,11-14,16,19H,3-5,7-9H2,1-2H3/t11-,12+,13+,14-,16+,17-/m1/s1. The summed E-state index contributed by atoms with van der Waals surface area (Å²) in [7, 11) is 2.18. The van der Waals surface area contributed by atoms with Gasteiger partial charge in [0.2, 0.25) is 0 Å². The molecule has 6 atom stereocenters. The summed E-state index contributed by atoms with van der Waals surface area (Å²) in [6, 6.07) is 0. The Morgan fingerprint density at radius 2 is 2.25 bits per heavy atom. The summed E-state index contributed by atoms with van der Waals surface area (Å²) >= 11 is 0. The van der Waals surface area contributed by atoms with Crippen molar-refractivity contribution in [1.82, 2.24) is 4.90 Å². The minimum absolute atomic E-state index is 0.209. The number of likely N-dealkylation sites (tertiary alicyclic amines) is 1. The molecule has 0 unspecified atom stereocenters. The number of hydrogen-bond acceptors (Lipinski definition) is 3. The molecule has 0 aromatic carbocycles. The fraction of sp³-hybridized carbons (Fsp3) is 0.824. The lowest BCUT2D eigenvalue weighted by Crippen LogP contribution is -2.42. The van der Waals surface area contributed by atoms with Crippen molar-refractivity contribution in [2.75, 3.05) is 20.1 Å². The molecule has 1 N–H and O–H groups in total. The lowest BCUT2D eigenvalue weighted by atomic mass is 9.64. The Balaban J connectivity index is 1.76. The zero-order valence-electron chi connectivity index (χ0n) is 12.5. The summed E-state index contributed by atoms with van der Waals surface area (Å²) in [5, 5.41) is 10.6. The van der Waals surface area contributed by atoms with Crippen LogP contribution in [0.3, 0.4) is 0 Å². The Bertz CT molecular complexity index is 485. The lowest BCUT2D eigenvalue weighted by Gasteiger charge is -2.38. The normalized spacial score (nSPS) is 51.5. The van der Waals surface area contributed by atoms with Gasteiger partial charge in [-0.05, 0) is 70.0 Å². The number of aliphatic hydroxyl groups is 1. The maximum Gasteiger partial charge on any atom is 0.162 e. The van der Waals surface area contributed by atoms with Gasteiger partial charge in [0.05, 0.1) is 6.10 Å². The Labute approximate surface area is 121 Å². The van der Waals surface area contributed by atoms with Crippen molar-refractivity contribution in [3.05, 3.63) is 11.6 Å². The topological polar surface area (TPSA) is 40.5 Å². The quantitative estimate of drug-likeness (QED) is 0.733. The van der Waals surface area contributed by atoms with Gasteiger partial charge in [-0.3, -0.25) is 4.79 Å². The maximum absolute atomic E-state index is 12.9. The van der Waals surface area contributed by atoms with Crippen LogP contribution in [0.25, 0.3) is 0 Å². The van der Waals surface area contributed by atoms with E-state index in [2.05, 4.69) is 18.9 Å². The molecule has 3 heteroatoms. The van der Waals surface area contributed by atoms with Gasteiger partial charge in [0.1, 0.15) is 0 Å². The molecule has 2 saturated carbocycles. The smallest absolute Gasteiger partial charge is 0.162 e. The average Bonchev–Trinajstić information content (AvgIpc) is 2.83. The molecule has 1 aliphatic heterocycles. The predicted octanol–water partition coefficient (Wildman–Crippen LogP) is 1.86. The predicted molar refractivity (Wildman–Crippen MR) is 77.1 cm³/mol. The van der Waals surface area contributed by atoms with E-state index in [0.717, 1.165) is 38.8 Å². The zero-order valence-corrected chi connectivity index (χ0v) is 12.5. The summed E-state index contributed by atoms with van der Waals surface area (Å²) in [6.45, 7) is 4.30. The van der Waals surface area contributed by atoms with E-state index in [4.69, 9.17) is 0 Å². The van der Waals surface area contributed by atoms with Crippen LogP contribution >= 0.6 is 0 Å². The highest BCUT2D eigenvalue weighted by molar-refractivity contribution is 5.97. The molecule has 3 fully saturated rings. The molecule has 1 saturated heterocycles. The van der Waals surface area contributed by atoms with Gasteiger partial charge in [-0.2, -0.15) is 0 Å². The fourth-order valence-electron chi connectivity index (χ4n) is 6.13. The van der Waals surface area contributed by atoms with E-state index in [0.29, 0.717) is 23.5 Å². The van der Waals surface area contributed by atoms with Crippen LogP contribution in [0.1, 0.15) is 32.6 Å². The number of ketones is 1. The molecule has 0 radical (unpaired) electrons. The van der Waals surface area contributed by atoms with Gasteiger partial charge >= 0.3 is 0 Å². The first-order valence-corrected chi connectivity index (χ1v) is 8.10. The first-order chi connectivity index (χ1) is 9.52. The molecule has 1 spiro atoms. The molecule has 0 aromatic heterocycles. The van der Waals surface area contributed by atoms with Gasteiger partial charge in [-0.25, -0.2) is 0 Å². The van der Waals surface area contributed by atoms with Gasteiger partial charge in [0, 0.05) is 17.9 Å². The fourth-order valence-corrected chi connectivity index (χ4v) is 6.13. The number of fused-ring (bicyclic) bond motifs is 2. The minimum Gasteiger partial charge on any atom is -0.393 e. The highest BCUT2D eigenvalue weighted by atomic mass is 16.3. The van der Waals surface area contributed by atoms with Crippen LogP contribution in [-0.4, -0.2) is 42.0 Å². The number of aliphatic hydroxyl groups excluding tert-OH is 1. The summed E-state index contributed by atoms with van der Waals surface area (Å²) in [5.74, 6) is 2.16. The minimum atomic E-state index is -0.248. The van der Waals surface area contributed by atoms with E-state index in [9.17, 15) is 9.90 Å². The van der Waals surface area contributed by atoms with Gasteiger partial charge in [-0.1, -0.05) is 5.57 Å². The SMILES string of the molecule is CC1=CC(=O)[C@]23C[C@@H]4CN(C)CC[C@@H]4[C@H]2[C@H](O)C[C@@H]3C1. The summed E-state index contributed by atoms with van der Waals surface area (Å²) in [6.07, 6.45) is 5.70. The van der Waals surface area contributed by atoms with Crippen LogP contribution < -0.4 is 0 Å². The van der Waals surface area contributed by atoms with Crippen molar-refractivity contribution in [3.8, 4) is 0 Å². The van der Waals surface area contributed by atoms with Crippen molar-refractivity contribution in [2.24, 2.45) is 29.1 Å². The number of hydrogen-bond donors (Lipinski definition) is 1. The van der Waals surface area contributed by atoms with Crippen molar-refractivity contribution < 1.29 is 9.90 Å². The molecular formula is C17H25NO2. The third-order valence-electron chi connectivity index (χ3n) is 6.73. The lowest BCUT2D eigenvalue weighted by molar-refractivity contribution is -0.129. The number of carbonyl (C=O) groups is 1. The third-order valence-corrected chi connectivity index (χ3v) is 6.73. The highest BCUT2D eigenvalue weighted by Gasteiger charge is 2.67. The number of carbonyl (C=O) groups excluding carboxylic acids is 1. The Kier molecular flexibility index (Phi) is 2.72. The Hall–Kier alpha value is -0.670. The summed E-state index contributed by atoms with van der Waals surface area (Å²) in [5.41, 5.74) is 1.00. The molecule has 0 amide bonds. The van der Waals surface area contributed by atoms with Crippen LogP contribution in [0.4, 0.5) is 0 Å². The van der Waals surface area contributed by atoms with E-state index >= 15 is 0 Å². The molecule has 3 aliphatic carbocycles. The van der Waals surface area contributed by atoms with Gasteiger partial charge < -0.3 is 10.0 Å². The van der Waals surface area contributed by atoms with Crippen LogP contribution in [0.15, 0.2) is 11.6 Å². The van der Waals surface area contributed by atoms with Gasteiger partial charge in [-0.15, -0.1) is 0 Å². The van der Waals surface area contributed by atoms with E-state index in [1.54, 1.807) is 0 Å². The molecule has 110 valence electrons. The van der Waals surface area contributed by atoms with Gasteiger partial charge in [0.25, 0.3) is 0 Å². The molecule has 1 heterocycles. The second-order valence-electron chi connectivity index (χ2n) is 7.80. The van der Waals surface area contributed by atoms with Gasteiger partial charge in [0.15, 0.2) is 5.78 Å². The van der Waals surface area contributed by atoms with E-state index in [-0.39, 0.29) is 17.4 Å². The number of nitrogens with zero attached hydrogens (tertiary/aromatic N) is 1. The maximum atomic E-state index is 12.9. The van der Waals surface area contributed by atoms with Crippen LogP contribution in [0, 0.1) is 29.1 Å². The molecule has 0 bridgehead atoms. The molecule has 4 rings (SSSR count). The van der Waals surface area contributed by atoms with Crippen LogP contribution in [-0.2, 0) is 4.79 Å². The van der Waals surface area contributed by atoms with E-state index < -0.39 is 0 Å². The summed E-state index contributed by atoms with van der Waals surface area (Å²) < 4.78 is 0. The highest BCUT2D eigenvalue weighted by Crippen LogP contribution is 2.66. The zero-order chi connectivity index (χ0) is 14.1. The first kappa shape index (κ1) is 13.0. The Morgan fingerprint density at radius 1 is 1.45 bits per heavy atom. The van der Waals surface area contributed by atoms with E-state index in [1.165, 1.54) is 5.57 Å². The molecule has 3 nitrogen and oxygen atoms in total. The first-order valence-electron chi connectivity index (χ1n) is 8.10. The number of allylic oxidation sites excluding steroid dienone is 2. The number of piperidine rings is 1. The molecular weight excluding hydrogens is 250 g/mol. The van der Waals surface area contributed by atoms with E-state index in [1.807, 2.05) is 6.08 Å². The van der Waals surface area contributed by atoms with Crippen molar-refractivity contribution >= 4 is 5.78 Å².